The molecule has 3 heterocycles. The first-order valence-electron chi connectivity index (χ1n) is 8.31. The molecule has 3 rings (SSSR count). The van der Waals surface area contributed by atoms with Crippen LogP contribution in [0.15, 0.2) is 12.3 Å². The lowest BCUT2D eigenvalue weighted by Gasteiger charge is -2.27. The van der Waals surface area contributed by atoms with E-state index in [-0.39, 0.29) is 23.9 Å². The maximum atomic E-state index is 12.5. The largest absolute Gasteiger partial charge is 0.328 e. The minimum Gasteiger partial charge on any atom is -0.328 e. The molecule has 2 fully saturated rings. The van der Waals surface area contributed by atoms with Crippen molar-refractivity contribution in [1.82, 2.24) is 14.7 Å². The SMILES string of the molecule is CC(C)N1C(=O)CC[C@H]1C(=O)Nc1ccn(C2CCSCC2)n1. The topological polar surface area (TPSA) is 67.2 Å². The van der Waals surface area contributed by atoms with Gasteiger partial charge in [-0.05, 0) is 44.6 Å². The number of carbonyl (C=O) groups is 2. The Kier molecular flexibility index (Phi) is 4.94. The summed E-state index contributed by atoms with van der Waals surface area (Å²) in [5.41, 5.74) is 0. The highest BCUT2D eigenvalue weighted by atomic mass is 32.2. The van der Waals surface area contributed by atoms with Gasteiger partial charge in [-0.15, -0.1) is 0 Å². The van der Waals surface area contributed by atoms with Gasteiger partial charge in [0.15, 0.2) is 5.82 Å². The molecule has 2 aliphatic rings. The van der Waals surface area contributed by atoms with Gasteiger partial charge in [-0.25, -0.2) is 0 Å². The zero-order chi connectivity index (χ0) is 16.4. The zero-order valence-corrected chi connectivity index (χ0v) is 14.5. The summed E-state index contributed by atoms with van der Waals surface area (Å²) in [5.74, 6) is 2.84. The number of nitrogens with zero attached hydrogens (tertiary/aromatic N) is 3. The number of nitrogens with one attached hydrogen (secondary N) is 1. The average molecular weight is 336 g/mol. The maximum absolute atomic E-state index is 12.5. The predicted octanol–water partition coefficient (Wildman–Crippen LogP) is 2.29. The molecule has 1 aromatic heterocycles. The molecule has 0 aromatic carbocycles. The van der Waals surface area contributed by atoms with Gasteiger partial charge in [0.25, 0.3) is 0 Å². The molecule has 2 saturated heterocycles. The molecular weight excluding hydrogens is 312 g/mol. The van der Waals surface area contributed by atoms with Crippen molar-refractivity contribution in [3.63, 3.8) is 0 Å². The van der Waals surface area contributed by atoms with Gasteiger partial charge in [-0.3, -0.25) is 14.3 Å². The lowest BCUT2D eigenvalue weighted by Crippen LogP contribution is -2.45. The average Bonchev–Trinajstić information content (AvgIpc) is 3.14. The number of hydrogen-bond donors (Lipinski definition) is 1. The van der Waals surface area contributed by atoms with E-state index < -0.39 is 0 Å². The van der Waals surface area contributed by atoms with Crippen molar-refractivity contribution in [2.45, 2.75) is 57.7 Å². The van der Waals surface area contributed by atoms with E-state index in [2.05, 4.69) is 10.4 Å². The van der Waals surface area contributed by atoms with E-state index in [1.54, 1.807) is 4.90 Å². The standard InChI is InChI=1S/C16H24N4O2S/c1-11(2)20-13(3-4-15(20)21)16(22)17-14-5-8-19(18-14)12-6-9-23-10-7-12/h5,8,11-13H,3-4,6-7,9-10H2,1-2H3,(H,17,18,22)/t13-/m0/s1. The van der Waals surface area contributed by atoms with Crippen LogP contribution in [0.2, 0.25) is 0 Å². The smallest absolute Gasteiger partial charge is 0.248 e. The summed E-state index contributed by atoms with van der Waals surface area (Å²) in [5, 5.41) is 7.39. The molecule has 6 nitrogen and oxygen atoms in total. The highest BCUT2D eigenvalue weighted by Crippen LogP contribution is 2.27. The Bertz CT molecular complexity index is 580. The maximum Gasteiger partial charge on any atom is 0.248 e. The van der Waals surface area contributed by atoms with Crippen molar-refractivity contribution < 1.29 is 9.59 Å². The molecule has 0 bridgehead atoms. The first-order valence-corrected chi connectivity index (χ1v) is 9.46. The molecule has 0 aliphatic carbocycles. The molecule has 23 heavy (non-hydrogen) atoms. The van der Waals surface area contributed by atoms with Crippen molar-refractivity contribution >= 4 is 29.4 Å². The van der Waals surface area contributed by atoms with Crippen LogP contribution in [0.3, 0.4) is 0 Å². The lowest BCUT2D eigenvalue weighted by atomic mass is 10.2. The summed E-state index contributed by atoms with van der Waals surface area (Å²) in [7, 11) is 0. The molecular formula is C16H24N4O2S. The first-order chi connectivity index (χ1) is 11.1. The monoisotopic (exact) mass is 336 g/mol. The molecule has 0 spiro atoms. The third kappa shape index (κ3) is 3.54. The van der Waals surface area contributed by atoms with E-state index in [0.29, 0.717) is 24.7 Å². The molecule has 1 aromatic rings. The highest BCUT2D eigenvalue weighted by molar-refractivity contribution is 7.99. The Labute approximate surface area is 141 Å². The number of anilines is 1. The quantitative estimate of drug-likeness (QED) is 0.916. The second-order valence-electron chi connectivity index (χ2n) is 6.46. The Morgan fingerprint density at radius 2 is 2.09 bits per heavy atom. The van der Waals surface area contributed by atoms with Crippen LogP contribution in [0.4, 0.5) is 5.82 Å². The van der Waals surface area contributed by atoms with Gasteiger partial charge in [-0.2, -0.15) is 16.9 Å². The van der Waals surface area contributed by atoms with Crippen molar-refractivity contribution in [2.75, 3.05) is 16.8 Å². The van der Waals surface area contributed by atoms with Crippen LogP contribution in [0.1, 0.15) is 45.6 Å². The summed E-state index contributed by atoms with van der Waals surface area (Å²) in [6.45, 7) is 3.89. The Morgan fingerprint density at radius 1 is 1.35 bits per heavy atom. The molecule has 126 valence electrons. The van der Waals surface area contributed by atoms with Gasteiger partial charge < -0.3 is 10.2 Å². The van der Waals surface area contributed by atoms with E-state index in [0.717, 1.165) is 12.8 Å². The summed E-state index contributed by atoms with van der Waals surface area (Å²) < 4.78 is 1.97. The fourth-order valence-corrected chi connectivity index (χ4v) is 4.46. The molecule has 7 heteroatoms. The second-order valence-corrected chi connectivity index (χ2v) is 7.69. The molecule has 1 atom stereocenters. The molecule has 2 amide bonds. The van der Waals surface area contributed by atoms with Crippen LogP contribution >= 0.6 is 11.8 Å². The number of rotatable bonds is 4. The minimum atomic E-state index is -0.376. The summed E-state index contributed by atoms with van der Waals surface area (Å²) in [6, 6.07) is 1.94. The Balaban J connectivity index is 1.64. The normalized spacial score (nSPS) is 22.8. The first kappa shape index (κ1) is 16.4. The third-order valence-electron chi connectivity index (χ3n) is 4.54. The van der Waals surface area contributed by atoms with E-state index in [9.17, 15) is 9.59 Å². The second kappa shape index (κ2) is 6.95. The number of thioether (sulfide) groups is 1. The van der Waals surface area contributed by atoms with Crippen molar-refractivity contribution in [2.24, 2.45) is 0 Å². The fraction of sp³-hybridized carbons (Fsp3) is 0.688. The van der Waals surface area contributed by atoms with Crippen molar-refractivity contribution in [1.29, 1.82) is 0 Å². The summed E-state index contributed by atoms with van der Waals surface area (Å²) >= 11 is 1.98. The van der Waals surface area contributed by atoms with E-state index in [1.807, 2.05) is 42.6 Å². The van der Waals surface area contributed by atoms with Crippen molar-refractivity contribution in [3.05, 3.63) is 12.3 Å². The van der Waals surface area contributed by atoms with E-state index in [1.165, 1.54) is 11.5 Å². The number of carbonyl (C=O) groups excluding carboxylic acids is 2. The van der Waals surface area contributed by atoms with Crippen LogP contribution in [-0.4, -0.2) is 50.1 Å². The van der Waals surface area contributed by atoms with Crippen LogP contribution in [0.25, 0.3) is 0 Å². The Morgan fingerprint density at radius 3 is 2.78 bits per heavy atom. The molecule has 0 saturated carbocycles. The zero-order valence-electron chi connectivity index (χ0n) is 13.7. The number of likely N-dealkylation sites (tertiary alicyclic amines) is 1. The van der Waals surface area contributed by atoms with E-state index >= 15 is 0 Å². The van der Waals surface area contributed by atoms with Crippen LogP contribution in [-0.2, 0) is 9.59 Å². The summed E-state index contributed by atoms with van der Waals surface area (Å²) in [6.07, 6.45) is 5.22. The van der Waals surface area contributed by atoms with Gasteiger partial charge in [-0.1, -0.05) is 0 Å². The van der Waals surface area contributed by atoms with Gasteiger partial charge in [0.2, 0.25) is 11.8 Å². The van der Waals surface area contributed by atoms with Gasteiger partial charge >= 0.3 is 0 Å². The van der Waals surface area contributed by atoms with Gasteiger partial charge in [0.1, 0.15) is 6.04 Å². The fourth-order valence-electron chi connectivity index (χ4n) is 3.37. The van der Waals surface area contributed by atoms with Gasteiger partial charge in [0.05, 0.1) is 6.04 Å². The molecule has 1 N–H and O–H groups in total. The molecule has 2 aliphatic heterocycles. The van der Waals surface area contributed by atoms with E-state index in [4.69, 9.17) is 0 Å². The number of hydrogen-bond acceptors (Lipinski definition) is 4. The van der Waals surface area contributed by atoms with Gasteiger partial charge in [0, 0.05) is 24.7 Å². The number of aromatic nitrogens is 2. The molecule has 0 radical (unpaired) electrons. The molecule has 0 unspecified atom stereocenters. The Hall–Kier alpha value is -1.50. The van der Waals surface area contributed by atoms with Crippen LogP contribution in [0.5, 0.6) is 0 Å². The lowest BCUT2D eigenvalue weighted by molar-refractivity contribution is -0.135. The number of amides is 2. The van der Waals surface area contributed by atoms with Crippen molar-refractivity contribution in [3.8, 4) is 0 Å². The van der Waals surface area contributed by atoms with Crippen LogP contribution < -0.4 is 5.32 Å². The minimum absolute atomic E-state index is 0.0399. The third-order valence-corrected chi connectivity index (χ3v) is 5.59. The van der Waals surface area contributed by atoms with Crippen LogP contribution in [0, 0.1) is 0 Å². The summed E-state index contributed by atoms with van der Waals surface area (Å²) in [4.78, 5) is 26.1. The highest BCUT2D eigenvalue weighted by Gasteiger charge is 2.37. The predicted molar refractivity (Wildman–Crippen MR) is 91.5 cm³/mol.